The lowest BCUT2D eigenvalue weighted by Crippen LogP contribution is -2.32. The van der Waals surface area contributed by atoms with Crippen LogP contribution < -0.4 is 5.32 Å². The van der Waals surface area contributed by atoms with Gasteiger partial charge in [0.15, 0.2) is 10.8 Å². The van der Waals surface area contributed by atoms with Gasteiger partial charge < -0.3 is 10.1 Å². The highest BCUT2D eigenvalue weighted by Gasteiger charge is 2.25. The van der Waals surface area contributed by atoms with Gasteiger partial charge in [0.05, 0.1) is 0 Å². The van der Waals surface area contributed by atoms with E-state index in [1.807, 2.05) is 13.3 Å². The Labute approximate surface area is 79.8 Å². The van der Waals surface area contributed by atoms with E-state index in [2.05, 4.69) is 10.4 Å². The summed E-state index contributed by atoms with van der Waals surface area (Å²) in [6.45, 7) is 0. The van der Waals surface area contributed by atoms with Gasteiger partial charge in [0.1, 0.15) is 0 Å². The molecule has 1 N–H and O–H groups in total. The van der Waals surface area contributed by atoms with Crippen molar-refractivity contribution in [2.75, 3.05) is 27.5 Å². The van der Waals surface area contributed by atoms with Crippen LogP contribution in [0.1, 0.15) is 0 Å². The van der Waals surface area contributed by atoms with E-state index >= 15 is 0 Å². The van der Waals surface area contributed by atoms with Gasteiger partial charge in [0.2, 0.25) is 0 Å². The maximum absolute atomic E-state index is 11.3. The minimum absolute atomic E-state index is 0.208. The Morgan fingerprint density at radius 2 is 2.31 bits per heavy atom. The number of nitrogens with one attached hydrogen (secondary N) is 1. The largest absolute Gasteiger partial charge is 0.354 e. The molecule has 1 unspecified atom stereocenters. The molecule has 0 aliphatic carbocycles. The molecule has 0 bridgehead atoms. The predicted octanol–water partition coefficient (Wildman–Crippen LogP) is -0.376. The van der Waals surface area contributed by atoms with Crippen LogP contribution in [0.4, 0.5) is 0 Å². The van der Waals surface area contributed by atoms with Crippen LogP contribution in [-0.4, -0.2) is 48.5 Å². The Bertz CT molecular complexity index is 298. The third kappa shape index (κ3) is 1.73. The van der Waals surface area contributed by atoms with E-state index < -0.39 is 0 Å². The summed E-state index contributed by atoms with van der Waals surface area (Å²) in [4.78, 5) is 11.3. The second-order valence-corrected chi connectivity index (χ2v) is 4.32. The zero-order valence-electron chi connectivity index (χ0n) is 8.12. The van der Waals surface area contributed by atoms with Crippen molar-refractivity contribution < 1.29 is 9.53 Å². The Morgan fingerprint density at radius 3 is 2.77 bits per heavy atom. The van der Waals surface area contributed by atoms with Gasteiger partial charge in [-0.3, -0.25) is 4.79 Å². The highest BCUT2D eigenvalue weighted by atomic mass is 32.2. The topological polar surface area (TPSA) is 53.9 Å². The summed E-state index contributed by atoms with van der Waals surface area (Å²) in [5.41, 5.74) is 0.373. The van der Waals surface area contributed by atoms with Crippen molar-refractivity contribution in [3.05, 3.63) is 0 Å². The number of hydrogen-bond donors (Lipinski definition) is 1. The molecule has 1 heterocycles. The van der Waals surface area contributed by atoms with Crippen molar-refractivity contribution >= 4 is 27.3 Å². The Hall–Kier alpha value is -0.880. The maximum Gasteiger partial charge on any atom is 0.274 e. The third-order valence-electron chi connectivity index (χ3n) is 1.73. The van der Waals surface area contributed by atoms with Gasteiger partial charge in [0.25, 0.3) is 5.91 Å². The first-order valence-corrected chi connectivity index (χ1v) is 5.32. The Balaban J connectivity index is 3.00. The number of carbonyl (C=O) groups is 1. The minimum Gasteiger partial charge on any atom is -0.354 e. The van der Waals surface area contributed by atoms with Crippen molar-refractivity contribution in [1.82, 2.24) is 9.73 Å². The zero-order valence-corrected chi connectivity index (χ0v) is 8.94. The molecule has 0 aromatic heterocycles. The lowest BCUT2D eigenvalue weighted by molar-refractivity contribution is -0.114. The molecule has 0 spiro atoms. The van der Waals surface area contributed by atoms with Crippen molar-refractivity contribution in [3.63, 3.8) is 0 Å². The average molecular weight is 203 g/mol. The number of carbonyl (C=O) groups excluding carboxylic acids is 1. The van der Waals surface area contributed by atoms with Gasteiger partial charge >= 0.3 is 0 Å². The smallest absolute Gasteiger partial charge is 0.274 e. The van der Waals surface area contributed by atoms with Crippen LogP contribution in [0.2, 0.25) is 0 Å². The highest BCUT2D eigenvalue weighted by molar-refractivity contribution is 8.14. The minimum atomic E-state index is -0.244. The summed E-state index contributed by atoms with van der Waals surface area (Å²) in [5, 5.41) is 7.24. The summed E-state index contributed by atoms with van der Waals surface area (Å²) in [7, 11) is 4.70. The Morgan fingerprint density at radius 1 is 1.69 bits per heavy atom. The van der Waals surface area contributed by atoms with Crippen molar-refractivity contribution in [2.45, 2.75) is 0 Å². The second kappa shape index (κ2) is 3.89. The van der Waals surface area contributed by atoms with E-state index in [-0.39, 0.29) is 16.6 Å². The van der Waals surface area contributed by atoms with Crippen LogP contribution in [0.5, 0.6) is 0 Å². The normalized spacial score (nSPS) is 21.8. The molecule has 0 aromatic rings. The lowest BCUT2D eigenvalue weighted by atomic mass is 10.4. The third-order valence-corrected chi connectivity index (χ3v) is 3.50. The fourth-order valence-electron chi connectivity index (χ4n) is 0.977. The summed E-state index contributed by atoms with van der Waals surface area (Å²) in [5.74, 6) is -0.208. The molecule has 1 rings (SSSR count). The number of ether oxygens (including phenoxy) is 1. The van der Waals surface area contributed by atoms with E-state index in [4.69, 9.17) is 4.74 Å². The molecule has 0 aromatic carbocycles. The number of amides is 1. The van der Waals surface area contributed by atoms with E-state index in [0.29, 0.717) is 10.8 Å². The van der Waals surface area contributed by atoms with E-state index in [1.165, 1.54) is 0 Å². The molecular formula is C7H13N3O2S. The molecule has 0 saturated heterocycles. The first-order valence-electron chi connectivity index (χ1n) is 3.73. The molecule has 0 saturated carbocycles. The summed E-state index contributed by atoms with van der Waals surface area (Å²) in [6.07, 6.45) is 1.96. The molecule has 1 aliphatic rings. The fraction of sp³-hybridized carbons (Fsp3) is 0.571. The average Bonchev–Trinajstić information content (AvgIpc) is 2.42. The molecule has 1 atom stereocenters. The van der Waals surface area contributed by atoms with Crippen LogP contribution in [0.15, 0.2) is 5.10 Å². The standard InChI is InChI=1S/C7H13N3O2S/c1-8-6(11)5-7(12-3)13(4)10(2)9-5/h1-4H3,(H,8,11). The number of methoxy groups -OCH3 is 1. The molecule has 13 heavy (non-hydrogen) atoms. The van der Waals surface area contributed by atoms with Crippen LogP contribution in [0.3, 0.4) is 0 Å². The Kier molecular flexibility index (Phi) is 3.05. The SMILES string of the molecule is CNC(=O)C1=NN(C)S(C)=C1OC. The fourth-order valence-corrected chi connectivity index (χ4v) is 2.08. The first kappa shape index (κ1) is 10.2. The first-order chi connectivity index (χ1) is 6.11. The lowest BCUT2D eigenvalue weighted by Gasteiger charge is -2.08. The van der Waals surface area contributed by atoms with Gasteiger partial charge in [0, 0.05) is 21.2 Å². The second-order valence-electron chi connectivity index (χ2n) is 2.46. The summed E-state index contributed by atoms with van der Waals surface area (Å²) in [6, 6.07) is 0. The molecule has 1 aliphatic heterocycles. The highest BCUT2D eigenvalue weighted by Crippen LogP contribution is 2.22. The monoisotopic (exact) mass is 203 g/mol. The van der Waals surface area contributed by atoms with Gasteiger partial charge in [-0.15, -0.1) is 0 Å². The van der Waals surface area contributed by atoms with Crippen molar-refractivity contribution in [1.29, 1.82) is 0 Å². The van der Waals surface area contributed by atoms with Gasteiger partial charge in [-0.2, -0.15) is 5.10 Å². The number of nitrogens with zero attached hydrogens (tertiary/aromatic N) is 2. The molecule has 6 heteroatoms. The van der Waals surface area contributed by atoms with Crippen molar-refractivity contribution in [2.24, 2.45) is 5.10 Å². The molecule has 74 valence electrons. The van der Waals surface area contributed by atoms with Gasteiger partial charge in [-0.25, -0.2) is 4.41 Å². The predicted molar refractivity (Wildman–Crippen MR) is 54.8 cm³/mol. The molecule has 0 radical (unpaired) electrons. The zero-order chi connectivity index (χ0) is 10.0. The van der Waals surface area contributed by atoms with Gasteiger partial charge in [-0.05, 0) is 16.9 Å². The van der Waals surface area contributed by atoms with Crippen LogP contribution in [0, 0.1) is 0 Å². The van der Waals surface area contributed by atoms with Crippen LogP contribution in [-0.2, 0) is 9.53 Å². The summed E-state index contributed by atoms with van der Waals surface area (Å²) >= 11 is 0. The maximum atomic E-state index is 11.3. The van der Waals surface area contributed by atoms with Crippen LogP contribution >= 0.6 is 10.7 Å². The van der Waals surface area contributed by atoms with E-state index in [0.717, 1.165) is 0 Å². The van der Waals surface area contributed by atoms with Gasteiger partial charge in [-0.1, -0.05) is 0 Å². The quantitative estimate of drug-likeness (QED) is 0.591. The molecule has 0 fully saturated rings. The van der Waals surface area contributed by atoms with Crippen LogP contribution in [0.25, 0.3) is 0 Å². The number of hydrogen-bond acceptors (Lipinski definition) is 4. The number of rotatable bonds is 1. The summed E-state index contributed by atoms with van der Waals surface area (Å²) < 4.78 is 6.85. The van der Waals surface area contributed by atoms with E-state index in [9.17, 15) is 4.79 Å². The van der Waals surface area contributed by atoms with E-state index in [1.54, 1.807) is 18.6 Å². The molecule has 5 nitrogen and oxygen atoms in total. The van der Waals surface area contributed by atoms with Crippen molar-refractivity contribution in [3.8, 4) is 0 Å². The number of hydrazone groups is 1. The molecule has 1 amide bonds. The molecular weight excluding hydrogens is 190 g/mol.